The van der Waals surface area contributed by atoms with Crippen LogP contribution in [0.3, 0.4) is 0 Å². The van der Waals surface area contributed by atoms with E-state index in [1.165, 1.54) is 17.5 Å². The number of ether oxygens (including phenoxy) is 1. The Morgan fingerprint density at radius 2 is 1.80 bits per heavy atom. The molecule has 0 saturated heterocycles. The molecule has 0 aromatic heterocycles. The maximum atomic E-state index is 5.11. The van der Waals surface area contributed by atoms with Gasteiger partial charge >= 0.3 is 0 Å². The lowest BCUT2D eigenvalue weighted by Crippen LogP contribution is -2.24. The maximum Gasteiger partial charge on any atom is 0.0552 e. The lowest BCUT2D eigenvalue weighted by atomic mass is 9.99. The molecule has 0 aliphatic carbocycles. The van der Waals surface area contributed by atoms with Gasteiger partial charge in [-0.15, -0.1) is 0 Å². The molecule has 0 heterocycles. The molecule has 1 unspecified atom stereocenters. The Kier molecular flexibility index (Phi) is 8.99. The first-order valence-corrected chi connectivity index (χ1v) is 8.74. The molecular weight excluding hydrogens is 266 g/mol. The fourth-order valence-electron chi connectivity index (χ4n) is 2.05. The molecule has 20 heavy (non-hydrogen) atoms. The van der Waals surface area contributed by atoms with Gasteiger partial charge in [0, 0.05) is 24.7 Å². The number of methoxy groups -OCH3 is 1. The molecule has 0 radical (unpaired) electrons. The first kappa shape index (κ1) is 17.5. The molecule has 114 valence electrons. The van der Waals surface area contributed by atoms with E-state index in [9.17, 15) is 0 Å². The highest BCUT2D eigenvalue weighted by atomic mass is 32.2. The lowest BCUT2D eigenvalue weighted by molar-refractivity contribution is 0.218. The quantitative estimate of drug-likeness (QED) is 0.653. The van der Waals surface area contributed by atoms with Crippen LogP contribution in [0.25, 0.3) is 0 Å². The Morgan fingerprint density at radius 1 is 1.15 bits per heavy atom. The van der Waals surface area contributed by atoms with Crippen LogP contribution in [0.1, 0.15) is 50.3 Å². The van der Waals surface area contributed by atoms with Gasteiger partial charge in [-0.3, -0.25) is 0 Å². The Hall–Kier alpha value is -0.510. The number of nitrogens with one attached hydrogen (secondary N) is 1. The summed E-state index contributed by atoms with van der Waals surface area (Å²) in [5, 5.41) is 3.65. The van der Waals surface area contributed by atoms with E-state index in [1.807, 2.05) is 11.8 Å². The van der Waals surface area contributed by atoms with Crippen LogP contribution in [-0.4, -0.2) is 31.8 Å². The van der Waals surface area contributed by atoms with Crippen molar-refractivity contribution in [1.82, 2.24) is 5.32 Å². The van der Waals surface area contributed by atoms with E-state index in [1.54, 1.807) is 7.11 Å². The second-order valence-corrected chi connectivity index (χ2v) is 6.55. The van der Waals surface area contributed by atoms with Crippen LogP contribution < -0.4 is 5.32 Å². The number of benzene rings is 1. The summed E-state index contributed by atoms with van der Waals surface area (Å²) in [4.78, 5) is 0. The minimum Gasteiger partial charge on any atom is -0.384 e. The highest BCUT2D eigenvalue weighted by Gasteiger charge is 2.11. The number of rotatable bonds is 10. The lowest BCUT2D eigenvalue weighted by Gasteiger charge is -2.19. The van der Waals surface area contributed by atoms with Crippen molar-refractivity contribution in [3.05, 3.63) is 35.4 Å². The number of hydrogen-bond acceptors (Lipinski definition) is 3. The number of thioether (sulfide) groups is 1. The van der Waals surface area contributed by atoms with Crippen molar-refractivity contribution in [2.24, 2.45) is 0 Å². The van der Waals surface area contributed by atoms with Crippen molar-refractivity contribution in [1.29, 1.82) is 0 Å². The van der Waals surface area contributed by atoms with Crippen LogP contribution in [0, 0.1) is 0 Å². The molecule has 0 aliphatic heterocycles. The normalized spacial score (nSPS) is 12.8. The van der Waals surface area contributed by atoms with E-state index in [0.717, 1.165) is 24.7 Å². The molecule has 3 heteroatoms. The Labute approximate surface area is 128 Å². The van der Waals surface area contributed by atoms with Crippen LogP contribution in [0.4, 0.5) is 0 Å². The molecule has 0 spiro atoms. The molecule has 0 amide bonds. The summed E-state index contributed by atoms with van der Waals surface area (Å²) in [6, 6.07) is 9.53. The van der Waals surface area contributed by atoms with Gasteiger partial charge in [-0.2, -0.15) is 11.8 Å². The molecule has 1 aromatic carbocycles. The largest absolute Gasteiger partial charge is 0.384 e. The molecule has 1 rings (SSSR count). The molecule has 0 fully saturated rings. The maximum absolute atomic E-state index is 5.11. The third kappa shape index (κ3) is 6.29. The summed E-state index contributed by atoms with van der Waals surface area (Å²) in [5.41, 5.74) is 2.81. The predicted octanol–water partition coefficient (Wildman–Crippen LogP) is 4.23. The third-order valence-electron chi connectivity index (χ3n) is 3.36. The van der Waals surface area contributed by atoms with E-state index >= 15 is 0 Å². The third-order valence-corrected chi connectivity index (χ3v) is 4.39. The van der Waals surface area contributed by atoms with E-state index in [-0.39, 0.29) is 0 Å². The van der Waals surface area contributed by atoms with Crippen molar-refractivity contribution in [3.63, 3.8) is 0 Å². The van der Waals surface area contributed by atoms with Gasteiger partial charge in [-0.25, -0.2) is 0 Å². The zero-order valence-electron chi connectivity index (χ0n) is 13.3. The Morgan fingerprint density at radius 3 is 2.35 bits per heavy atom. The van der Waals surface area contributed by atoms with Crippen LogP contribution in [-0.2, 0) is 4.74 Å². The fourth-order valence-corrected chi connectivity index (χ4v) is 3.05. The highest BCUT2D eigenvalue weighted by Crippen LogP contribution is 2.21. The van der Waals surface area contributed by atoms with Crippen LogP contribution in [0.5, 0.6) is 0 Å². The summed E-state index contributed by atoms with van der Waals surface area (Å²) in [6.45, 7) is 8.59. The highest BCUT2D eigenvalue weighted by molar-refractivity contribution is 7.99. The monoisotopic (exact) mass is 295 g/mol. The fraction of sp³-hybridized carbons (Fsp3) is 0.647. The van der Waals surface area contributed by atoms with Crippen LogP contribution in [0.15, 0.2) is 24.3 Å². The van der Waals surface area contributed by atoms with Gasteiger partial charge in [0.1, 0.15) is 0 Å². The molecule has 2 nitrogen and oxygen atoms in total. The van der Waals surface area contributed by atoms with E-state index in [4.69, 9.17) is 4.74 Å². The second-order valence-electron chi connectivity index (χ2n) is 5.40. The molecule has 1 aromatic rings. The van der Waals surface area contributed by atoms with Crippen molar-refractivity contribution < 1.29 is 4.74 Å². The van der Waals surface area contributed by atoms with Crippen molar-refractivity contribution in [2.45, 2.75) is 39.2 Å². The molecule has 1 N–H and O–H groups in total. The number of hydrogen-bond donors (Lipinski definition) is 1. The minimum atomic E-state index is 0.443. The Bertz CT molecular complexity index is 351. The first-order chi connectivity index (χ1) is 9.69. The van der Waals surface area contributed by atoms with Gasteiger partial charge in [0.2, 0.25) is 0 Å². The summed E-state index contributed by atoms with van der Waals surface area (Å²) in [7, 11) is 1.76. The summed E-state index contributed by atoms with van der Waals surface area (Å²) in [5.74, 6) is 2.76. The Balaban J connectivity index is 2.60. The van der Waals surface area contributed by atoms with Crippen molar-refractivity contribution in [2.75, 3.05) is 31.8 Å². The molecule has 0 aliphatic rings. The molecule has 0 saturated carbocycles. The summed E-state index contributed by atoms with van der Waals surface area (Å²) < 4.78 is 5.11. The van der Waals surface area contributed by atoms with Gasteiger partial charge < -0.3 is 10.1 Å². The zero-order valence-corrected chi connectivity index (χ0v) is 14.1. The van der Waals surface area contributed by atoms with Crippen LogP contribution in [0.2, 0.25) is 0 Å². The van der Waals surface area contributed by atoms with E-state index in [0.29, 0.717) is 12.0 Å². The average Bonchev–Trinajstić information content (AvgIpc) is 2.47. The van der Waals surface area contributed by atoms with Gasteiger partial charge in [0.05, 0.1) is 6.61 Å². The standard InChI is InChI=1S/C17H29NOS/c1-5-10-18-17(13-20-12-11-19-4)16-8-6-15(7-9-16)14(2)3/h6-9,14,17-18H,5,10-13H2,1-4H3. The second kappa shape index (κ2) is 10.3. The van der Waals surface area contributed by atoms with Crippen molar-refractivity contribution in [3.8, 4) is 0 Å². The first-order valence-electron chi connectivity index (χ1n) is 7.59. The molecule has 0 bridgehead atoms. The minimum absolute atomic E-state index is 0.443. The molecular formula is C17H29NOS. The van der Waals surface area contributed by atoms with Gasteiger partial charge in [0.25, 0.3) is 0 Å². The predicted molar refractivity (Wildman–Crippen MR) is 90.8 cm³/mol. The van der Waals surface area contributed by atoms with Crippen LogP contribution >= 0.6 is 11.8 Å². The van der Waals surface area contributed by atoms with Gasteiger partial charge in [-0.05, 0) is 30.0 Å². The van der Waals surface area contributed by atoms with Crippen molar-refractivity contribution >= 4 is 11.8 Å². The summed E-state index contributed by atoms with van der Waals surface area (Å²) in [6.07, 6.45) is 1.17. The summed E-state index contributed by atoms with van der Waals surface area (Å²) >= 11 is 1.95. The average molecular weight is 295 g/mol. The van der Waals surface area contributed by atoms with Gasteiger partial charge in [-0.1, -0.05) is 45.0 Å². The SMILES string of the molecule is CCCNC(CSCCOC)c1ccc(C(C)C)cc1. The van der Waals surface area contributed by atoms with E-state index < -0.39 is 0 Å². The zero-order chi connectivity index (χ0) is 14.8. The molecule has 1 atom stereocenters. The van der Waals surface area contributed by atoms with Gasteiger partial charge in [0.15, 0.2) is 0 Å². The topological polar surface area (TPSA) is 21.3 Å². The smallest absolute Gasteiger partial charge is 0.0552 e. The van der Waals surface area contributed by atoms with E-state index in [2.05, 4.69) is 50.4 Å².